The van der Waals surface area contributed by atoms with Crippen LogP contribution in [0.1, 0.15) is 27.7 Å². The first-order chi connectivity index (χ1) is 14.6. The molecule has 0 atom stereocenters. The van der Waals surface area contributed by atoms with E-state index in [0.717, 1.165) is 22.1 Å². The average molecular weight is 401 g/mol. The minimum atomic E-state index is -0.00351. The monoisotopic (exact) mass is 400 g/mol. The second kappa shape index (κ2) is 8.54. The van der Waals surface area contributed by atoms with Crippen LogP contribution in [0.15, 0.2) is 70.3 Å². The van der Waals surface area contributed by atoms with Crippen LogP contribution in [0.25, 0.3) is 43.6 Å². The number of hydrogen-bond acceptors (Lipinski definition) is 2. The lowest BCUT2D eigenvalue weighted by Gasteiger charge is -2.14. The maximum atomic E-state index is 13.0. The van der Waals surface area contributed by atoms with Gasteiger partial charge in [-0.05, 0) is 36.4 Å². The molecule has 4 heteroatoms. The summed E-state index contributed by atoms with van der Waals surface area (Å²) in [5.41, 5.74) is 3.26. The number of pyridine rings is 2. The van der Waals surface area contributed by atoms with Crippen molar-refractivity contribution in [1.82, 2.24) is 9.13 Å². The van der Waals surface area contributed by atoms with E-state index in [9.17, 15) is 9.59 Å². The minimum Gasteiger partial charge on any atom is -0.343 e. The molecular weight excluding hydrogens is 372 g/mol. The Morgan fingerprint density at radius 3 is 1.20 bits per heavy atom. The van der Waals surface area contributed by atoms with Gasteiger partial charge < -0.3 is 9.13 Å². The lowest BCUT2D eigenvalue weighted by Crippen LogP contribution is -2.13. The third-order valence-electron chi connectivity index (χ3n) is 5.35. The Morgan fingerprint density at radius 2 is 0.833 bits per heavy atom. The molecule has 0 fully saturated rings. The van der Waals surface area contributed by atoms with Crippen LogP contribution < -0.4 is 10.9 Å². The zero-order chi connectivity index (χ0) is 22.0. The molecule has 3 aromatic carbocycles. The quantitative estimate of drug-likeness (QED) is 0.311. The summed E-state index contributed by atoms with van der Waals surface area (Å²) in [6, 6.07) is 18.8. The van der Waals surface area contributed by atoms with Crippen molar-refractivity contribution in [3.8, 4) is 0 Å². The van der Waals surface area contributed by atoms with E-state index in [1.807, 2.05) is 112 Å². The summed E-state index contributed by atoms with van der Waals surface area (Å²) in [4.78, 5) is 26.1. The van der Waals surface area contributed by atoms with E-state index < -0.39 is 0 Å². The van der Waals surface area contributed by atoms with Crippen LogP contribution in [-0.4, -0.2) is 9.13 Å². The molecule has 2 aromatic heterocycles. The van der Waals surface area contributed by atoms with Crippen molar-refractivity contribution in [3.05, 3.63) is 81.1 Å². The summed E-state index contributed by atoms with van der Waals surface area (Å²) in [7, 11) is 3.86. The fourth-order valence-electron chi connectivity index (χ4n) is 3.96. The number of aromatic nitrogens is 2. The molecule has 5 aromatic rings. The SMILES string of the molecule is CC.CC.Cn1c2ccccc2c(=O)c2cc3c(cc21)c(=O)c1ccccc1n3C. The molecule has 0 saturated carbocycles. The van der Waals surface area contributed by atoms with Gasteiger partial charge in [0.05, 0.1) is 22.1 Å². The highest BCUT2D eigenvalue weighted by Crippen LogP contribution is 2.24. The molecule has 0 radical (unpaired) electrons. The molecule has 0 aliphatic heterocycles. The standard InChI is InChI=1S/C22H16N2O2.2C2H6/c1-23-17-9-5-3-7-13(17)21(25)15-12-20-16(11-19(15)23)22(26)14-8-4-6-10-18(14)24(20)2;2*1-2/h3-12H,1-2H3;2*1-2H3. The molecule has 0 saturated heterocycles. The first-order valence-electron chi connectivity index (χ1n) is 10.5. The third-order valence-corrected chi connectivity index (χ3v) is 5.35. The summed E-state index contributed by atoms with van der Waals surface area (Å²) < 4.78 is 3.97. The van der Waals surface area contributed by atoms with Gasteiger partial charge in [0.15, 0.2) is 10.9 Å². The first kappa shape index (κ1) is 21.3. The van der Waals surface area contributed by atoms with Gasteiger partial charge in [-0.2, -0.15) is 0 Å². The lowest BCUT2D eigenvalue weighted by atomic mass is 10.0. The Kier molecular flexibility index (Phi) is 6.06. The Hall–Kier alpha value is -3.40. The van der Waals surface area contributed by atoms with Gasteiger partial charge in [0.1, 0.15) is 0 Å². The van der Waals surface area contributed by atoms with Crippen LogP contribution in [0.4, 0.5) is 0 Å². The van der Waals surface area contributed by atoms with Gasteiger partial charge in [-0.15, -0.1) is 0 Å². The van der Waals surface area contributed by atoms with Crippen LogP contribution in [0.2, 0.25) is 0 Å². The van der Waals surface area contributed by atoms with E-state index in [4.69, 9.17) is 0 Å². The van der Waals surface area contributed by atoms with Crippen LogP contribution in [-0.2, 0) is 14.1 Å². The molecule has 30 heavy (non-hydrogen) atoms. The Morgan fingerprint density at radius 1 is 0.500 bits per heavy atom. The van der Waals surface area contributed by atoms with Crippen LogP contribution in [0.5, 0.6) is 0 Å². The van der Waals surface area contributed by atoms with Gasteiger partial charge in [0, 0.05) is 35.6 Å². The number of fused-ring (bicyclic) bond motifs is 4. The van der Waals surface area contributed by atoms with Crippen molar-refractivity contribution >= 4 is 43.6 Å². The van der Waals surface area contributed by atoms with Crippen molar-refractivity contribution in [2.45, 2.75) is 27.7 Å². The van der Waals surface area contributed by atoms with Crippen LogP contribution in [0, 0.1) is 0 Å². The zero-order valence-electron chi connectivity index (χ0n) is 18.5. The number of para-hydroxylation sites is 2. The van der Waals surface area contributed by atoms with E-state index in [1.54, 1.807) is 0 Å². The van der Waals surface area contributed by atoms with Crippen molar-refractivity contribution in [1.29, 1.82) is 0 Å². The van der Waals surface area contributed by atoms with Gasteiger partial charge in [-0.25, -0.2) is 0 Å². The van der Waals surface area contributed by atoms with Gasteiger partial charge >= 0.3 is 0 Å². The predicted octanol–water partition coefficient (Wildman–Crippen LogP) is 5.75. The Labute approximate surface area is 176 Å². The highest BCUT2D eigenvalue weighted by molar-refractivity contribution is 6.03. The molecule has 154 valence electrons. The number of benzene rings is 3. The summed E-state index contributed by atoms with van der Waals surface area (Å²) in [6.45, 7) is 8.00. The summed E-state index contributed by atoms with van der Waals surface area (Å²) in [5, 5.41) is 2.63. The Balaban J connectivity index is 0.000000606. The van der Waals surface area contributed by atoms with Crippen LogP contribution >= 0.6 is 0 Å². The molecular formula is C26H28N2O2. The van der Waals surface area contributed by atoms with E-state index >= 15 is 0 Å². The number of aryl methyl sites for hydroxylation is 2. The molecule has 0 amide bonds. The van der Waals surface area contributed by atoms with E-state index in [1.165, 1.54) is 0 Å². The number of nitrogens with zero attached hydrogens (tertiary/aromatic N) is 2. The molecule has 0 unspecified atom stereocenters. The van der Waals surface area contributed by atoms with E-state index in [0.29, 0.717) is 21.5 Å². The predicted molar refractivity (Wildman–Crippen MR) is 130 cm³/mol. The van der Waals surface area contributed by atoms with Gasteiger partial charge in [0.2, 0.25) is 0 Å². The van der Waals surface area contributed by atoms with Crippen LogP contribution in [0.3, 0.4) is 0 Å². The molecule has 0 aliphatic rings. The van der Waals surface area contributed by atoms with Crippen molar-refractivity contribution in [3.63, 3.8) is 0 Å². The third kappa shape index (κ3) is 3.09. The van der Waals surface area contributed by atoms with Crippen molar-refractivity contribution in [2.24, 2.45) is 14.1 Å². The second-order valence-electron chi connectivity index (χ2n) is 6.70. The summed E-state index contributed by atoms with van der Waals surface area (Å²) >= 11 is 0. The summed E-state index contributed by atoms with van der Waals surface area (Å²) in [6.07, 6.45) is 0. The fraction of sp³-hybridized carbons (Fsp3) is 0.231. The fourth-order valence-corrected chi connectivity index (χ4v) is 3.96. The van der Waals surface area contributed by atoms with Gasteiger partial charge in [-0.1, -0.05) is 52.0 Å². The Bertz CT molecular complexity index is 1380. The molecule has 5 rings (SSSR count). The lowest BCUT2D eigenvalue weighted by molar-refractivity contribution is 0.994. The highest BCUT2D eigenvalue weighted by Gasteiger charge is 2.14. The number of hydrogen-bond donors (Lipinski definition) is 0. The largest absolute Gasteiger partial charge is 0.343 e. The van der Waals surface area contributed by atoms with E-state index in [2.05, 4.69) is 0 Å². The maximum absolute atomic E-state index is 13.0. The molecule has 0 aliphatic carbocycles. The minimum absolute atomic E-state index is 0.00351. The first-order valence-corrected chi connectivity index (χ1v) is 10.5. The number of rotatable bonds is 0. The average Bonchev–Trinajstić information content (AvgIpc) is 2.83. The highest BCUT2D eigenvalue weighted by atomic mass is 16.1. The molecule has 0 bridgehead atoms. The topological polar surface area (TPSA) is 44.0 Å². The van der Waals surface area contributed by atoms with Crippen molar-refractivity contribution < 1.29 is 0 Å². The molecule has 0 N–H and O–H groups in total. The second-order valence-corrected chi connectivity index (χ2v) is 6.70. The molecule has 0 spiro atoms. The smallest absolute Gasteiger partial charge is 0.197 e. The zero-order valence-corrected chi connectivity index (χ0v) is 18.5. The van der Waals surface area contributed by atoms with Crippen molar-refractivity contribution in [2.75, 3.05) is 0 Å². The summed E-state index contributed by atoms with van der Waals surface area (Å²) in [5.74, 6) is 0. The van der Waals surface area contributed by atoms with Gasteiger partial charge in [-0.3, -0.25) is 9.59 Å². The van der Waals surface area contributed by atoms with Gasteiger partial charge in [0.25, 0.3) is 0 Å². The molecule has 4 nitrogen and oxygen atoms in total. The normalized spacial score (nSPS) is 10.6. The maximum Gasteiger partial charge on any atom is 0.197 e. The van der Waals surface area contributed by atoms with E-state index in [-0.39, 0.29) is 10.9 Å². The molecule has 2 heterocycles.